The zero-order valence-corrected chi connectivity index (χ0v) is 8.53. The maximum Gasteiger partial charge on any atom is 0.0991 e. The fraction of sp³-hybridized carbons (Fsp3) is 0.308. The largest absolute Gasteiger partial charge is 0.192 e. The van der Waals surface area contributed by atoms with Crippen LogP contribution in [0.2, 0.25) is 0 Å². The van der Waals surface area contributed by atoms with Crippen LogP contribution in [0.5, 0.6) is 0 Å². The number of hydrogen-bond acceptors (Lipinski definition) is 1. The summed E-state index contributed by atoms with van der Waals surface area (Å²) in [6.45, 7) is 2.19. The van der Waals surface area contributed by atoms with Crippen molar-refractivity contribution in [3.05, 3.63) is 41.5 Å². The molecule has 0 bridgehead atoms. The summed E-state index contributed by atoms with van der Waals surface area (Å²) in [5.74, 6) is 0. The average molecular weight is 185 g/mol. The summed E-state index contributed by atoms with van der Waals surface area (Å²) < 4.78 is 0. The highest BCUT2D eigenvalue weighted by atomic mass is 14.2. The molecule has 0 unspecified atom stereocenters. The van der Waals surface area contributed by atoms with E-state index in [9.17, 15) is 0 Å². The Morgan fingerprint density at radius 2 is 2.00 bits per heavy atom. The van der Waals surface area contributed by atoms with Gasteiger partial charge in [0, 0.05) is 0 Å². The molecule has 72 valence electrons. The van der Waals surface area contributed by atoms with Gasteiger partial charge in [-0.3, -0.25) is 0 Å². The molecule has 0 radical (unpaired) electrons. The highest BCUT2D eigenvalue weighted by molar-refractivity contribution is 5.50. The predicted molar refractivity (Wildman–Crippen MR) is 59.7 cm³/mol. The zero-order chi connectivity index (χ0) is 10.2. The Labute approximate surface area is 85.7 Å². The molecule has 1 nitrogen and oxygen atoms in total. The third-order valence-corrected chi connectivity index (χ3v) is 2.07. The van der Waals surface area contributed by atoms with Crippen LogP contribution in [-0.2, 0) is 0 Å². The standard InChI is InChI=1S/C13H15N/c1-2-3-4-5-6-12-7-9-13(11-14)10-8-12/h5-10H,2-4H2,1H3/b6-5-. The van der Waals surface area contributed by atoms with Gasteiger partial charge < -0.3 is 0 Å². The summed E-state index contributed by atoms with van der Waals surface area (Å²) in [7, 11) is 0. The Morgan fingerprint density at radius 1 is 1.29 bits per heavy atom. The molecule has 0 saturated heterocycles. The Morgan fingerprint density at radius 3 is 2.57 bits per heavy atom. The van der Waals surface area contributed by atoms with Crippen molar-refractivity contribution >= 4 is 6.08 Å². The van der Waals surface area contributed by atoms with Crippen LogP contribution in [0.15, 0.2) is 30.3 Å². The molecule has 0 aliphatic heterocycles. The molecule has 1 heteroatoms. The van der Waals surface area contributed by atoms with E-state index in [0.29, 0.717) is 0 Å². The van der Waals surface area contributed by atoms with Gasteiger partial charge in [0.15, 0.2) is 0 Å². The Kier molecular flexibility index (Phi) is 4.50. The number of rotatable bonds is 4. The number of unbranched alkanes of at least 4 members (excludes halogenated alkanes) is 2. The summed E-state index contributed by atoms with van der Waals surface area (Å²) >= 11 is 0. The predicted octanol–water partition coefficient (Wildman–Crippen LogP) is 3.76. The molecular weight excluding hydrogens is 170 g/mol. The number of hydrogen-bond donors (Lipinski definition) is 0. The highest BCUT2D eigenvalue weighted by Gasteiger charge is 1.88. The van der Waals surface area contributed by atoms with Gasteiger partial charge in [0.25, 0.3) is 0 Å². The lowest BCUT2D eigenvalue weighted by Gasteiger charge is -1.93. The first-order chi connectivity index (χ1) is 6.86. The fourth-order valence-corrected chi connectivity index (χ4v) is 1.21. The first-order valence-electron chi connectivity index (χ1n) is 5.03. The van der Waals surface area contributed by atoms with Gasteiger partial charge in [0.1, 0.15) is 0 Å². The second kappa shape index (κ2) is 5.99. The molecule has 0 saturated carbocycles. The van der Waals surface area contributed by atoms with Gasteiger partial charge in [-0.2, -0.15) is 5.26 Å². The molecule has 0 N–H and O–H groups in total. The number of nitrogens with zero attached hydrogens (tertiary/aromatic N) is 1. The minimum Gasteiger partial charge on any atom is -0.192 e. The van der Waals surface area contributed by atoms with Crippen LogP contribution in [0, 0.1) is 11.3 Å². The summed E-state index contributed by atoms with van der Waals surface area (Å²) in [6, 6.07) is 9.75. The lowest BCUT2D eigenvalue weighted by molar-refractivity contribution is 0.816. The van der Waals surface area contributed by atoms with Crippen LogP contribution in [-0.4, -0.2) is 0 Å². The topological polar surface area (TPSA) is 23.8 Å². The number of nitriles is 1. The van der Waals surface area contributed by atoms with E-state index in [1.165, 1.54) is 18.4 Å². The first kappa shape index (κ1) is 10.5. The van der Waals surface area contributed by atoms with Gasteiger partial charge in [-0.1, -0.05) is 44.1 Å². The second-order valence-electron chi connectivity index (χ2n) is 3.28. The molecule has 0 spiro atoms. The van der Waals surface area contributed by atoms with E-state index >= 15 is 0 Å². The SMILES string of the molecule is CCCC/C=C\c1ccc(C#N)cc1. The zero-order valence-electron chi connectivity index (χ0n) is 8.53. The monoisotopic (exact) mass is 185 g/mol. The summed E-state index contributed by atoms with van der Waals surface area (Å²) in [6.07, 6.45) is 7.91. The van der Waals surface area contributed by atoms with E-state index in [2.05, 4.69) is 25.1 Å². The molecule has 0 fully saturated rings. The molecule has 0 amide bonds. The van der Waals surface area contributed by atoms with Gasteiger partial charge >= 0.3 is 0 Å². The third-order valence-electron chi connectivity index (χ3n) is 2.07. The number of allylic oxidation sites excluding steroid dienone is 1. The van der Waals surface area contributed by atoms with Gasteiger partial charge in [-0.05, 0) is 24.1 Å². The van der Waals surface area contributed by atoms with Crippen molar-refractivity contribution < 1.29 is 0 Å². The van der Waals surface area contributed by atoms with Crippen molar-refractivity contribution in [3.8, 4) is 6.07 Å². The summed E-state index contributed by atoms with van der Waals surface area (Å²) in [5, 5.41) is 8.61. The van der Waals surface area contributed by atoms with Crippen LogP contribution >= 0.6 is 0 Å². The average Bonchev–Trinajstić information content (AvgIpc) is 2.25. The third kappa shape index (κ3) is 3.45. The van der Waals surface area contributed by atoms with Crippen LogP contribution < -0.4 is 0 Å². The molecule has 0 heterocycles. The molecule has 1 rings (SSSR count). The van der Waals surface area contributed by atoms with E-state index < -0.39 is 0 Å². The fourth-order valence-electron chi connectivity index (χ4n) is 1.21. The van der Waals surface area contributed by atoms with E-state index in [1.807, 2.05) is 24.3 Å². The van der Waals surface area contributed by atoms with Crippen molar-refractivity contribution in [3.63, 3.8) is 0 Å². The van der Waals surface area contributed by atoms with Gasteiger partial charge in [-0.15, -0.1) is 0 Å². The van der Waals surface area contributed by atoms with Crippen molar-refractivity contribution in [2.45, 2.75) is 26.2 Å². The minimum absolute atomic E-state index is 0.718. The van der Waals surface area contributed by atoms with Crippen molar-refractivity contribution in [2.24, 2.45) is 0 Å². The smallest absolute Gasteiger partial charge is 0.0991 e. The van der Waals surface area contributed by atoms with Crippen LogP contribution in [0.3, 0.4) is 0 Å². The molecule has 0 aromatic heterocycles. The Hall–Kier alpha value is -1.55. The highest BCUT2D eigenvalue weighted by Crippen LogP contribution is 2.06. The van der Waals surface area contributed by atoms with Gasteiger partial charge in [0.2, 0.25) is 0 Å². The Bertz CT molecular complexity index is 327. The summed E-state index contributed by atoms with van der Waals surface area (Å²) in [5.41, 5.74) is 1.89. The second-order valence-corrected chi connectivity index (χ2v) is 3.28. The van der Waals surface area contributed by atoms with E-state index in [-0.39, 0.29) is 0 Å². The van der Waals surface area contributed by atoms with Crippen molar-refractivity contribution in [2.75, 3.05) is 0 Å². The first-order valence-corrected chi connectivity index (χ1v) is 5.03. The molecular formula is C13H15N. The number of benzene rings is 1. The van der Waals surface area contributed by atoms with E-state index in [0.717, 1.165) is 12.0 Å². The van der Waals surface area contributed by atoms with E-state index in [1.54, 1.807) is 0 Å². The van der Waals surface area contributed by atoms with Crippen LogP contribution in [0.1, 0.15) is 37.3 Å². The maximum absolute atomic E-state index is 8.61. The molecule has 0 aliphatic carbocycles. The summed E-state index contributed by atoms with van der Waals surface area (Å²) in [4.78, 5) is 0. The molecule has 0 aliphatic rings. The molecule has 1 aromatic carbocycles. The lowest BCUT2D eigenvalue weighted by atomic mass is 10.1. The van der Waals surface area contributed by atoms with Crippen LogP contribution in [0.4, 0.5) is 0 Å². The Balaban J connectivity index is 2.52. The molecule has 14 heavy (non-hydrogen) atoms. The van der Waals surface area contributed by atoms with E-state index in [4.69, 9.17) is 5.26 Å². The lowest BCUT2D eigenvalue weighted by Crippen LogP contribution is -1.75. The maximum atomic E-state index is 8.61. The van der Waals surface area contributed by atoms with Gasteiger partial charge in [-0.25, -0.2) is 0 Å². The van der Waals surface area contributed by atoms with Crippen molar-refractivity contribution in [1.82, 2.24) is 0 Å². The van der Waals surface area contributed by atoms with Crippen LogP contribution in [0.25, 0.3) is 6.08 Å². The molecule has 1 aromatic rings. The van der Waals surface area contributed by atoms with Gasteiger partial charge in [0.05, 0.1) is 11.6 Å². The van der Waals surface area contributed by atoms with Crippen molar-refractivity contribution in [1.29, 1.82) is 5.26 Å². The normalized spacial score (nSPS) is 10.3. The quantitative estimate of drug-likeness (QED) is 0.655. The minimum atomic E-state index is 0.718. The molecule has 0 atom stereocenters.